The van der Waals surface area contributed by atoms with Crippen LogP contribution in [0.3, 0.4) is 0 Å². The van der Waals surface area contributed by atoms with Crippen molar-refractivity contribution in [3.05, 3.63) is 46.5 Å². The van der Waals surface area contributed by atoms with Gasteiger partial charge in [-0.2, -0.15) is 0 Å². The average molecular weight is 377 g/mol. The van der Waals surface area contributed by atoms with Crippen molar-refractivity contribution in [1.82, 2.24) is 9.80 Å². The number of benzene rings is 1. The van der Waals surface area contributed by atoms with E-state index in [2.05, 4.69) is 4.90 Å². The number of piperidine rings is 1. The molecule has 0 N–H and O–H groups in total. The first kappa shape index (κ1) is 17.1. The van der Waals surface area contributed by atoms with Crippen molar-refractivity contribution in [3.63, 3.8) is 0 Å². The Hall–Kier alpha value is -1.30. The lowest BCUT2D eigenvalue weighted by molar-refractivity contribution is -0.136. The predicted molar refractivity (Wildman–Crippen MR) is 101 cm³/mol. The van der Waals surface area contributed by atoms with E-state index in [4.69, 9.17) is 11.6 Å². The van der Waals surface area contributed by atoms with Gasteiger partial charge in [0.25, 0.3) is 0 Å². The van der Waals surface area contributed by atoms with Crippen molar-refractivity contribution in [1.29, 1.82) is 0 Å². The molecule has 25 heavy (non-hydrogen) atoms. The van der Waals surface area contributed by atoms with Gasteiger partial charge >= 0.3 is 0 Å². The summed E-state index contributed by atoms with van der Waals surface area (Å²) in [5.41, 5.74) is 2.02. The molecule has 2 unspecified atom stereocenters. The third-order valence-corrected chi connectivity index (χ3v) is 6.77. The summed E-state index contributed by atoms with van der Waals surface area (Å²) in [5, 5.41) is 1.06. The van der Waals surface area contributed by atoms with Crippen molar-refractivity contribution in [3.8, 4) is 0 Å². The Morgan fingerprint density at radius 2 is 1.96 bits per heavy atom. The van der Waals surface area contributed by atoms with Gasteiger partial charge in [-0.25, -0.2) is 0 Å². The molecule has 1 aromatic rings. The van der Waals surface area contributed by atoms with Gasteiger partial charge < -0.3 is 4.90 Å². The van der Waals surface area contributed by atoms with E-state index >= 15 is 0 Å². The Morgan fingerprint density at radius 1 is 1.20 bits per heavy atom. The van der Waals surface area contributed by atoms with Crippen molar-refractivity contribution in [2.45, 2.75) is 30.6 Å². The summed E-state index contributed by atoms with van der Waals surface area (Å²) >= 11 is 7.87. The highest BCUT2D eigenvalue weighted by molar-refractivity contribution is 8.15. The van der Waals surface area contributed by atoms with E-state index in [-0.39, 0.29) is 22.3 Å². The van der Waals surface area contributed by atoms with Crippen LogP contribution in [0, 0.1) is 0 Å². The first-order valence-electron chi connectivity index (χ1n) is 8.82. The molecule has 0 bridgehead atoms. The highest BCUT2D eigenvalue weighted by Gasteiger charge is 2.39. The van der Waals surface area contributed by atoms with Gasteiger partial charge in [0.1, 0.15) is 6.04 Å². The van der Waals surface area contributed by atoms with Gasteiger partial charge in [-0.1, -0.05) is 41.6 Å². The smallest absolute Gasteiger partial charge is 0.244 e. The number of fused-ring (bicyclic) bond motifs is 1. The molecule has 0 saturated carbocycles. The van der Waals surface area contributed by atoms with E-state index in [0.29, 0.717) is 11.6 Å². The van der Waals surface area contributed by atoms with Gasteiger partial charge in [-0.05, 0) is 42.5 Å². The van der Waals surface area contributed by atoms with E-state index < -0.39 is 0 Å². The first-order chi connectivity index (χ1) is 12.1. The van der Waals surface area contributed by atoms with Crippen LogP contribution in [-0.2, 0) is 9.59 Å². The molecular formula is C19H21ClN2O2S. The van der Waals surface area contributed by atoms with Crippen LogP contribution >= 0.6 is 23.4 Å². The molecule has 6 heteroatoms. The zero-order valence-corrected chi connectivity index (χ0v) is 15.6. The Balaban J connectivity index is 1.65. The molecule has 0 spiro atoms. The molecule has 1 amide bonds. The minimum absolute atomic E-state index is 0.140. The second-order valence-corrected chi connectivity index (χ2v) is 8.47. The van der Waals surface area contributed by atoms with E-state index in [1.807, 2.05) is 29.2 Å². The molecule has 2 saturated heterocycles. The molecular weight excluding hydrogens is 356 g/mol. The molecule has 0 aromatic heterocycles. The van der Waals surface area contributed by atoms with E-state index in [1.165, 1.54) is 11.8 Å². The predicted octanol–water partition coefficient (Wildman–Crippen LogP) is 3.28. The lowest BCUT2D eigenvalue weighted by Gasteiger charge is -2.38. The molecule has 3 aliphatic heterocycles. The number of likely N-dealkylation sites (tertiary alicyclic amines) is 2. The minimum Gasteiger partial charge on any atom is -0.341 e. The molecule has 4 nitrogen and oxygen atoms in total. The quantitative estimate of drug-likeness (QED) is 0.811. The number of thioether (sulfide) groups is 1. The molecule has 3 heterocycles. The Bertz CT molecular complexity index is 730. The van der Waals surface area contributed by atoms with Crippen LogP contribution in [0.15, 0.2) is 35.9 Å². The molecule has 1 aromatic carbocycles. The highest BCUT2D eigenvalue weighted by atomic mass is 35.5. The number of hydrogen-bond donors (Lipinski definition) is 0. The molecule has 3 aliphatic rings. The zero-order chi connectivity index (χ0) is 17.4. The summed E-state index contributed by atoms with van der Waals surface area (Å²) in [6, 6.07) is 7.27. The molecule has 2 atom stereocenters. The van der Waals surface area contributed by atoms with Crippen LogP contribution in [0.5, 0.6) is 0 Å². The largest absolute Gasteiger partial charge is 0.341 e. The fraction of sp³-hybridized carbons (Fsp3) is 0.474. The maximum Gasteiger partial charge on any atom is 0.244 e. The van der Waals surface area contributed by atoms with Gasteiger partial charge in [0.15, 0.2) is 0 Å². The Kier molecular flexibility index (Phi) is 4.89. The topological polar surface area (TPSA) is 40.6 Å². The van der Waals surface area contributed by atoms with Crippen LogP contribution < -0.4 is 0 Å². The normalized spacial score (nSPS) is 25.0. The summed E-state index contributed by atoms with van der Waals surface area (Å²) in [6.07, 6.45) is 4.79. The first-order valence-corrected chi connectivity index (χ1v) is 10.1. The minimum atomic E-state index is -0.366. The number of amides is 1. The highest BCUT2D eigenvalue weighted by Crippen LogP contribution is 2.39. The lowest BCUT2D eigenvalue weighted by atomic mass is 9.97. The zero-order valence-electron chi connectivity index (χ0n) is 14.0. The van der Waals surface area contributed by atoms with Crippen LogP contribution in [0.4, 0.5) is 0 Å². The lowest BCUT2D eigenvalue weighted by Crippen LogP contribution is -2.46. The van der Waals surface area contributed by atoms with Crippen LogP contribution in [-0.4, -0.2) is 52.3 Å². The van der Waals surface area contributed by atoms with Crippen molar-refractivity contribution >= 4 is 34.4 Å². The average Bonchev–Trinajstić information content (AvgIpc) is 3.25. The number of carbonyl (C=O) groups is 2. The summed E-state index contributed by atoms with van der Waals surface area (Å²) in [4.78, 5) is 29.2. The molecule has 2 fully saturated rings. The van der Waals surface area contributed by atoms with Crippen molar-refractivity contribution in [2.24, 2.45) is 0 Å². The fourth-order valence-electron chi connectivity index (χ4n) is 4.00. The Morgan fingerprint density at radius 3 is 2.72 bits per heavy atom. The number of carbonyl (C=O) groups excluding carboxylic acids is 2. The third kappa shape index (κ3) is 3.37. The molecule has 0 aliphatic carbocycles. The van der Waals surface area contributed by atoms with E-state index in [1.54, 1.807) is 6.08 Å². The molecule has 4 rings (SSSR count). The summed E-state index contributed by atoms with van der Waals surface area (Å²) < 4.78 is 0. The second-order valence-electron chi connectivity index (χ2n) is 6.86. The summed E-state index contributed by atoms with van der Waals surface area (Å²) in [6.45, 7) is 3.12. The van der Waals surface area contributed by atoms with Gasteiger partial charge in [-0.15, -0.1) is 0 Å². The summed E-state index contributed by atoms with van der Waals surface area (Å²) in [7, 11) is 0. The van der Waals surface area contributed by atoms with E-state index in [9.17, 15) is 9.59 Å². The number of nitrogens with zero attached hydrogens (tertiary/aromatic N) is 2. The van der Waals surface area contributed by atoms with Gasteiger partial charge in [0, 0.05) is 36.5 Å². The second kappa shape index (κ2) is 7.14. The van der Waals surface area contributed by atoms with Crippen LogP contribution in [0.1, 0.15) is 30.9 Å². The monoisotopic (exact) mass is 376 g/mol. The van der Waals surface area contributed by atoms with E-state index in [0.717, 1.165) is 50.0 Å². The Labute approximate surface area is 157 Å². The van der Waals surface area contributed by atoms with Crippen molar-refractivity contribution < 1.29 is 9.59 Å². The van der Waals surface area contributed by atoms with Gasteiger partial charge in [-0.3, -0.25) is 14.5 Å². The standard InChI is InChI=1S/C19H21ClN2O2S/c20-15-6-2-1-5-14(15)18(19(24)21-8-3-4-9-21)22-10-7-16-13(12-22)11-17(23)25-16/h1-2,5-6,11,16,18H,3-4,7-10,12H2. The molecule has 0 radical (unpaired) electrons. The van der Waals surface area contributed by atoms with Gasteiger partial charge in [0.05, 0.1) is 0 Å². The number of hydrogen-bond acceptors (Lipinski definition) is 4. The fourth-order valence-corrected chi connectivity index (χ4v) is 5.25. The van der Waals surface area contributed by atoms with Crippen LogP contribution in [0.25, 0.3) is 0 Å². The number of rotatable bonds is 3. The van der Waals surface area contributed by atoms with Crippen LogP contribution in [0.2, 0.25) is 5.02 Å². The maximum absolute atomic E-state index is 13.3. The summed E-state index contributed by atoms with van der Waals surface area (Å²) in [5.74, 6) is 0.140. The van der Waals surface area contributed by atoms with Gasteiger partial charge in [0.2, 0.25) is 11.0 Å². The third-order valence-electron chi connectivity index (χ3n) is 5.26. The maximum atomic E-state index is 13.3. The molecule has 132 valence electrons. The number of halogens is 1. The SMILES string of the molecule is O=C1C=C2CN(C(C(=O)N3CCCC3)c3ccccc3Cl)CCC2S1. The van der Waals surface area contributed by atoms with Crippen molar-refractivity contribution in [2.75, 3.05) is 26.2 Å².